The number of nitrogens with two attached hydrogens (primary N) is 1. The molecule has 0 heterocycles. The van der Waals surface area contributed by atoms with Crippen LogP contribution in [0.3, 0.4) is 0 Å². The van der Waals surface area contributed by atoms with E-state index in [1.165, 1.54) is 6.92 Å². The SMILES string of the molecule is CC(=O)OCc1ccc(NC(=O)[C@H](CCCNC(N)=O)NC(=O)[C@@H](NC(=O)[C@@H](CCC(=O)O)NC(C)C)C(C)C)cc1. The fourth-order valence-electron chi connectivity index (χ4n) is 3.90. The number of urea groups is 1. The Labute approximate surface area is 245 Å². The minimum Gasteiger partial charge on any atom is -0.481 e. The summed E-state index contributed by atoms with van der Waals surface area (Å²) in [5.74, 6) is -3.48. The maximum Gasteiger partial charge on any atom is 0.312 e. The number of benzene rings is 1. The smallest absolute Gasteiger partial charge is 0.312 e. The van der Waals surface area contributed by atoms with Gasteiger partial charge in [-0.2, -0.15) is 0 Å². The number of carbonyl (C=O) groups excluding carboxylic acids is 5. The van der Waals surface area contributed by atoms with E-state index in [1.807, 2.05) is 13.8 Å². The predicted octanol–water partition coefficient (Wildman–Crippen LogP) is 0.994. The molecule has 5 amide bonds. The largest absolute Gasteiger partial charge is 0.481 e. The molecular weight excluding hydrogens is 548 g/mol. The molecule has 0 radical (unpaired) electrons. The van der Waals surface area contributed by atoms with Gasteiger partial charge < -0.3 is 42.2 Å². The second kappa shape index (κ2) is 18.3. The van der Waals surface area contributed by atoms with Crippen molar-refractivity contribution in [2.24, 2.45) is 11.7 Å². The van der Waals surface area contributed by atoms with Crippen molar-refractivity contribution in [2.75, 3.05) is 11.9 Å². The Kier molecular flexibility index (Phi) is 15.6. The van der Waals surface area contributed by atoms with Gasteiger partial charge in [0.15, 0.2) is 0 Å². The maximum absolute atomic E-state index is 13.4. The van der Waals surface area contributed by atoms with Crippen LogP contribution in [0.25, 0.3) is 0 Å². The molecule has 14 heteroatoms. The molecule has 0 saturated heterocycles. The maximum atomic E-state index is 13.4. The fourth-order valence-corrected chi connectivity index (χ4v) is 3.90. The van der Waals surface area contributed by atoms with Crippen molar-refractivity contribution in [1.29, 1.82) is 0 Å². The minimum absolute atomic E-state index is 0.0311. The van der Waals surface area contributed by atoms with Gasteiger partial charge in [-0.1, -0.05) is 39.8 Å². The fraction of sp³-hybridized carbons (Fsp3) is 0.571. The predicted molar refractivity (Wildman–Crippen MR) is 155 cm³/mol. The number of rotatable bonds is 18. The number of anilines is 1. The molecule has 8 N–H and O–H groups in total. The number of esters is 1. The summed E-state index contributed by atoms with van der Waals surface area (Å²) in [4.78, 5) is 72.8. The van der Waals surface area contributed by atoms with Crippen LogP contribution in [-0.2, 0) is 35.3 Å². The van der Waals surface area contributed by atoms with E-state index in [0.29, 0.717) is 12.1 Å². The topological polar surface area (TPSA) is 218 Å². The van der Waals surface area contributed by atoms with E-state index in [9.17, 15) is 28.8 Å². The Balaban J connectivity index is 3.03. The standard InChI is InChI=1S/C28H44N6O8/c1-16(2)24(34-26(39)22(31-17(3)4)12-13-23(36)37)27(40)33-21(7-6-14-30-28(29)41)25(38)32-20-10-8-19(9-11-20)15-42-18(5)35/h8-11,16-17,21-22,24,31H,6-7,12-15H2,1-5H3,(H,32,38)(H,33,40)(H,34,39)(H,36,37)(H3,29,30,41)/t21-,22+,24-/m0/s1. The quantitative estimate of drug-likeness (QED) is 0.0953. The number of ether oxygens (including phenoxy) is 1. The number of aliphatic carboxylic acids is 1. The molecule has 0 spiro atoms. The van der Waals surface area contributed by atoms with Crippen molar-refractivity contribution in [1.82, 2.24) is 21.3 Å². The van der Waals surface area contributed by atoms with E-state index in [-0.39, 0.29) is 44.4 Å². The first-order chi connectivity index (χ1) is 19.7. The lowest BCUT2D eigenvalue weighted by Crippen LogP contribution is -2.58. The number of amides is 5. The summed E-state index contributed by atoms with van der Waals surface area (Å²) in [6.45, 7) is 8.66. The van der Waals surface area contributed by atoms with E-state index in [2.05, 4.69) is 26.6 Å². The molecule has 42 heavy (non-hydrogen) atoms. The van der Waals surface area contributed by atoms with Crippen LogP contribution in [0.4, 0.5) is 10.5 Å². The van der Waals surface area contributed by atoms with Crippen LogP contribution in [0, 0.1) is 5.92 Å². The molecule has 0 bridgehead atoms. The summed E-state index contributed by atoms with van der Waals surface area (Å²) in [5, 5.41) is 22.7. The Hall–Kier alpha value is -4.20. The van der Waals surface area contributed by atoms with E-state index in [4.69, 9.17) is 15.6 Å². The monoisotopic (exact) mass is 592 g/mol. The summed E-state index contributed by atoms with van der Waals surface area (Å²) in [5.41, 5.74) is 6.27. The molecule has 1 aromatic rings. The van der Waals surface area contributed by atoms with Gasteiger partial charge in [0.2, 0.25) is 17.7 Å². The van der Waals surface area contributed by atoms with E-state index in [0.717, 1.165) is 5.56 Å². The third kappa shape index (κ3) is 14.4. The Morgan fingerprint density at radius 1 is 0.881 bits per heavy atom. The van der Waals surface area contributed by atoms with Gasteiger partial charge >= 0.3 is 18.0 Å². The molecular formula is C28H44N6O8. The van der Waals surface area contributed by atoms with Crippen LogP contribution in [0.2, 0.25) is 0 Å². The number of carboxylic acid groups (broad SMARTS) is 1. The summed E-state index contributed by atoms with van der Waals surface area (Å²) in [6, 6.07) is 2.90. The first kappa shape index (κ1) is 35.8. The molecule has 3 atom stereocenters. The van der Waals surface area contributed by atoms with Gasteiger partial charge in [-0.3, -0.25) is 24.0 Å². The first-order valence-electron chi connectivity index (χ1n) is 13.8. The van der Waals surface area contributed by atoms with E-state index < -0.39 is 53.8 Å². The van der Waals surface area contributed by atoms with Crippen molar-refractivity contribution in [3.63, 3.8) is 0 Å². The molecule has 234 valence electrons. The van der Waals surface area contributed by atoms with Crippen molar-refractivity contribution >= 4 is 41.4 Å². The second-order valence-electron chi connectivity index (χ2n) is 10.5. The van der Waals surface area contributed by atoms with Crippen LogP contribution in [0.1, 0.15) is 65.9 Å². The highest BCUT2D eigenvalue weighted by molar-refractivity contribution is 5.98. The van der Waals surface area contributed by atoms with Crippen molar-refractivity contribution < 1.29 is 38.6 Å². The third-order valence-corrected chi connectivity index (χ3v) is 6.01. The van der Waals surface area contributed by atoms with Crippen molar-refractivity contribution in [3.05, 3.63) is 29.8 Å². The average Bonchev–Trinajstić information content (AvgIpc) is 2.89. The molecule has 14 nitrogen and oxygen atoms in total. The van der Waals surface area contributed by atoms with Crippen LogP contribution in [0.5, 0.6) is 0 Å². The lowest BCUT2D eigenvalue weighted by Gasteiger charge is -2.28. The number of primary amides is 1. The summed E-state index contributed by atoms with van der Waals surface area (Å²) in [6.07, 6.45) is 0.264. The Morgan fingerprint density at radius 2 is 1.52 bits per heavy atom. The zero-order chi connectivity index (χ0) is 31.8. The molecule has 0 aliphatic heterocycles. The highest BCUT2D eigenvalue weighted by Crippen LogP contribution is 2.13. The van der Waals surface area contributed by atoms with Crippen LogP contribution in [-0.4, -0.2) is 71.5 Å². The zero-order valence-corrected chi connectivity index (χ0v) is 24.8. The highest BCUT2D eigenvalue weighted by atomic mass is 16.5. The molecule has 0 unspecified atom stereocenters. The number of nitrogens with one attached hydrogen (secondary N) is 5. The molecule has 1 aromatic carbocycles. The number of carbonyl (C=O) groups is 6. The first-order valence-corrected chi connectivity index (χ1v) is 13.8. The normalized spacial score (nSPS) is 13.0. The van der Waals surface area contributed by atoms with Crippen LogP contribution < -0.4 is 32.3 Å². The Morgan fingerprint density at radius 3 is 2.05 bits per heavy atom. The molecule has 1 rings (SSSR count). The van der Waals surface area contributed by atoms with Crippen molar-refractivity contribution in [2.45, 2.75) is 91.1 Å². The Bertz CT molecular complexity index is 1080. The number of hydrogen-bond acceptors (Lipinski definition) is 8. The molecule has 0 fully saturated rings. The lowest BCUT2D eigenvalue weighted by atomic mass is 10.0. The van der Waals surface area contributed by atoms with E-state index >= 15 is 0 Å². The van der Waals surface area contributed by atoms with Gasteiger partial charge in [0.05, 0.1) is 6.04 Å². The van der Waals surface area contributed by atoms with Crippen LogP contribution in [0.15, 0.2) is 24.3 Å². The minimum atomic E-state index is -1.05. The second-order valence-corrected chi connectivity index (χ2v) is 10.5. The van der Waals surface area contributed by atoms with Crippen LogP contribution >= 0.6 is 0 Å². The van der Waals surface area contributed by atoms with Gasteiger partial charge in [0.1, 0.15) is 18.7 Å². The van der Waals surface area contributed by atoms with Gasteiger partial charge in [0, 0.05) is 31.6 Å². The van der Waals surface area contributed by atoms with Crippen molar-refractivity contribution in [3.8, 4) is 0 Å². The highest BCUT2D eigenvalue weighted by Gasteiger charge is 2.31. The van der Waals surface area contributed by atoms with E-state index in [1.54, 1.807) is 38.1 Å². The molecule has 0 saturated carbocycles. The number of carboxylic acids is 1. The molecule has 0 aliphatic rings. The van der Waals surface area contributed by atoms with Gasteiger partial charge in [-0.15, -0.1) is 0 Å². The third-order valence-electron chi connectivity index (χ3n) is 6.01. The summed E-state index contributed by atoms with van der Waals surface area (Å²) >= 11 is 0. The average molecular weight is 593 g/mol. The van der Waals surface area contributed by atoms with Gasteiger partial charge in [-0.25, -0.2) is 4.79 Å². The summed E-state index contributed by atoms with van der Waals surface area (Å²) in [7, 11) is 0. The van der Waals surface area contributed by atoms with Gasteiger partial charge in [-0.05, 0) is 42.9 Å². The lowest BCUT2D eigenvalue weighted by molar-refractivity contribution is -0.142. The zero-order valence-electron chi connectivity index (χ0n) is 24.8. The molecule has 0 aliphatic carbocycles. The van der Waals surface area contributed by atoms with Gasteiger partial charge in [0.25, 0.3) is 0 Å². The molecule has 0 aromatic heterocycles. The number of hydrogen-bond donors (Lipinski definition) is 7. The summed E-state index contributed by atoms with van der Waals surface area (Å²) < 4.78 is 4.96.